The van der Waals surface area contributed by atoms with Crippen LogP contribution in [0.15, 0.2) is 30.3 Å². The fraction of sp³-hybridized carbons (Fsp3) is 0.429. The minimum absolute atomic E-state index is 0.0875. The van der Waals surface area contributed by atoms with Crippen molar-refractivity contribution in [2.24, 2.45) is 0 Å². The molecular weight excluding hydrogens is 599 g/mol. The van der Waals surface area contributed by atoms with Gasteiger partial charge in [0.15, 0.2) is 0 Å². The number of carbonyl (C=O) groups is 4. The van der Waals surface area contributed by atoms with Crippen molar-refractivity contribution >= 4 is 51.9 Å². The molecule has 2 atom stereocenters. The molecule has 0 aliphatic carbocycles. The van der Waals surface area contributed by atoms with Crippen molar-refractivity contribution in [1.82, 2.24) is 15.5 Å². The first kappa shape index (κ1) is 28.2. The minimum Gasteiger partial charge on any atom is -0.384 e. The number of nitrogens with one attached hydrogen (secondary N) is 3. The zero-order valence-corrected chi connectivity index (χ0v) is 23.8. The molecule has 0 spiro atoms. The van der Waals surface area contributed by atoms with Crippen LogP contribution in [0.1, 0.15) is 75.9 Å². The predicted molar refractivity (Wildman–Crippen MR) is 152 cm³/mol. The molecule has 10 heteroatoms. The number of imide groups is 2. The number of hydrogen-bond donors (Lipinski definition) is 4. The molecule has 0 radical (unpaired) electrons. The Labute approximate surface area is 235 Å². The van der Waals surface area contributed by atoms with Gasteiger partial charge < -0.3 is 10.4 Å². The maximum atomic E-state index is 13.1. The minimum atomic E-state index is -0.980. The Morgan fingerprint density at radius 3 is 2.53 bits per heavy atom. The van der Waals surface area contributed by atoms with Gasteiger partial charge in [-0.2, -0.15) is 0 Å². The molecule has 0 saturated carbocycles. The molecule has 1 fully saturated rings. The molecular formula is C28H33IN4O5. The summed E-state index contributed by atoms with van der Waals surface area (Å²) in [6.07, 6.45) is 2.82. The van der Waals surface area contributed by atoms with Gasteiger partial charge in [0.05, 0.1) is 11.1 Å². The summed E-state index contributed by atoms with van der Waals surface area (Å²) in [5.74, 6) is -2.05. The van der Waals surface area contributed by atoms with Crippen LogP contribution in [0.4, 0.5) is 5.69 Å². The Hall–Kier alpha value is -2.83. The molecule has 2 aromatic rings. The van der Waals surface area contributed by atoms with E-state index in [-0.39, 0.29) is 24.0 Å². The van der Waals surface area contributed by atoms with E-state index in [1.54, 1.807) is 18.2 Å². The molecule has 38 heavy (non-hydrogen) atoms. The van der Waals surface area contributed by atoms with Gasteiger partial charge >= 0.3 is 0 Å². The summed E-state index contributed by atoms with van der Waals surface area (Å²) in [6.45, 7) is 5.40. The van der Waals surface area contributed by atoms with Gasteiger partial charge in [-0.05, 0) is 90.9 Å². The summed E-state index contributed by atoms with van der Waals surface area (Å²) < 4.78 is 1.27. The van der Waals surface area contributed by atoms with Gasteiger partial charge in [-0.15, -0.1) is 0 Å². The third-order valence-electron chi connectivity index (χ3n) is 6.98. The first-order valence-electron chi connectivity index (χ1n) is 12.9. The molecule has 2 aliphatic rings. The average molecular weight is 632 g/mol. The fourth-order valence-electron chi connectivity index (χ4n) is 5.00. The van der Waals surface area contributed by atoms with Crippen LogP contribution in [0.25, 0.3) is 0 Å². The van der Waals surface area contributed by atoms with E-state index in [0.717, 1.165) is 29.7 Å². The lowest BCUT2D eigenvalue weighted by atomic mass is 10.0. The first-order valence-corrected chi connectivity index (χ1v) is 14.0. The zero-order chi connectivity index (χ0) is 27.4. The number of aryl methyl sites for hydroxylation is 2. The first-order chi connectivity index (χ1) is 18.2. The number of nitrogens with zero attached hydrogens (tertiary/aromatic N) is 1. The largest absolute Gasteiger partial charge is 0.384 e. The second kappa shape index (κ2) is 12.4. The Balaban J connectivity index is 1.22. The maximum absolute atomic E-state index is 13.1. The van der Waals surface area contributed by atoms with Crippen molar-refractivity contribution in [3.05, 3.63) is 61.7 Å². The monoisotopic (exact) mass is 632 g/mol. The highest BCUT2D eigenvalue weighted by atomic mass is 127. The predicted octanol–water partition coefficient (Wildman–Crippen LogP) is 3.39. The average Bonchev–Trinajstić information content (AvgIpc) is 3.13. The van der Waals surface area contributed by atoms with Crippen LogP contribution in [0.5, 0.6) is 0 Å². The van der Waals surface area contributed by atoms with Crippen LogP contribution in [-0.2, 0) is 16.1 Å². The summed E-state index contributed by atoms with van der Waals surface area (Å²) in [5.41, 5.74) is 4.72. The van der Waals surface area contributed by atoms with E-state index in [4.69, 9.17) is 0 Å². The molecule has 0 bridgehead atoms. The number of benzene rings is 2. The summed E-state index contributed by atoms with van der Waals surface area (Å²) >= 11 is 2.35. The number of halogens is 1. The van der Waals surface area contributed by atoms with Gasteiger partial charge in [0, 0.05) is 28.8 Å². The normalized spacial score (nSPS) is 18.0. The number of rotatable bonds is 11. The van der Waals surface area contributed by atoms with Gasteiger partial charge in [0.1, 0.15) is 12.3 Å². The third kappa shape index (κ3) is 6.24. The van der Waals surface area contributed by atoms with Crippen LogP contribution in [0.2, 0.25) is 0 Å². The molecule has 1 saturated heterocycles. The molecule has 4 N–H and O–H groups in total. The van der Waals surface area contributed by atoms with E-state index in [1.165, 1.54) is 14.7 Å². The number of carbonyl (C=O) groups excluding carboxylic acids is 4. The van der Waals surface area contributed by atoms with E-state index in [9.17, 15) is 24.3 Å². The van der Waals surface area contributed by atoms with Crippen molar-refractivity contribution < 1.29 is 24.3 Å². The number of anilines is 1. The molecule has 4 rings (SSSR count). The molecule has 2 heterocycles. The fourth-order valence-corrected chi connectivity index (χ4v) is 5.31. The number of amides is 4. The van der Waals surface area contributed by atoms with Gasteiger partial charge in [-0.25, -0.2) is 0 Å². The van der Waals surface area contributed by atoms with Gasteiger partial charge in [0.25, 0.3) is 11.8 Å². The Morgan fingerprint density at radius 2 is 1.82 bits per heavy atom. The molecule has 2 unspecified atom stereocenters. The maximum Gasteiger partial charge on any atom is 0.264 e. The van der Waals surface area contributed by atoms with Crippen LogP contribution >= 0.6 is 22.6 Å². The van der Waals surface area contributed by atoms with Gasteiger partial charge in [-0.1, -0.05) is 24.6 Å². The lowest BCUT2D eigenvalue weighted by molar-refractivity contribution is -0.136. The van der Waals surface area contributed by atoms with Crippen molar-refractivity contribution in [1.29, 1.82) is 0 Å². The third-order valence-corrected chi connectivity index (χ3v) is 8.68. The van der Waals surface area contributed by atoms with Crippen LogP contribution in [0, 0.1) is 17.4 Å². The number of aliphatic hydroxyl groups is 1. The highest BCUT2D eigenvalue weighted by molar-refractivity contribution is 14.1. The molecule has 202 valence electrons. The van der Waals surface area contributed by atoms with Crippen molar-refractivity contribution in [2.75, 3.05) is 11.9 Å². The van der Waals surface area contributed by atoms with Gasteiger partial charge in [0.2, 0.25) is 11.8 Å². The molecule has 2 aromatic carbocycles. The smallest absolute Gasteiger partial charge is 0.264 e. The lowest BCUT2D eigenvalue weighted by Gasteiger charge is -2.27. The quantitative estimate of drug-likeness (QED) is 0.130. The number of fused-ring (bicyclic) bond motifs is 1. The highest BCUT2D eigenvalue weighted by Gasteiger charge is 2.45. The second-order valence-electron chi connectivity index (χ2n) is 9.89. The number of hydrogen-bond acceptors (Lipinski definition) is 7. The standard InChI is InChI=1S/C28H33IN4O5/c1-16-13-18(14-17(2)25(16)29)15-31-22(34)9-4-3-5-12-30-20-8-6-7-19-24(20)28(38)33(27(19)37)21-10-11-23(35)32-26(21)36/h6-8,13-14,21-22,30-31,34H,3-5,9-12,15H2,1-2H3,(H,32,35,36). The van der Waals surface area contributed by atoms with Crippen LogP contribution in [0.3, 0.4) is 0 Å². The van der Waals surface area contributed by atoms with E-state index in [1.807, 2.05) is 0 Å². The Kier molecular flexibility index (Phi) is 9.16. The van der Waals surface area contributed by atoms with Gasteiger partial charge in [-0.3, -0.25) is 34.7 Å². The number of unbranched alkanes of at least 4 members (excludes halogenated alkanes) is 2. The Morgan fingerprint density at radius 1 is 1.08 bits per heavy atom. The summed E-state index contributed by atoms with van der Waals surface area (Å²) in [4.78, 5) is 50.8. The zero-order valence-electron chi connectivity index (χ0n) is 21.6. The van der Waals surface area contributed by atoms with E-state index in [2.05, 4.69) is 64.5 Å². The summed E-state index contributed by atoms with van der Waals surface area (Å²) in [6, 6.07) is 8.34. The van der Waals surface area contributed by atoms with Crippen LogP contribution < -0.4 is 16.0 Å². The van der Waals surface area contributed by atoms with Crippen molar-refractivity contribution in [2.45, 2.75) is 71.2 Å². The SMILES string of the molecule is Cc1cc(CNC(O)CCCCCNc2cccc3c2C(=O)N(C2CCC(=O)NC2=O)C3=O)cc(C)c1I. The highest BCUT2D eigenvalue weighted by Crippen LogP contribution is 2.32. The van der Waals surface area contributed by atoms with E-state index >= 15 is 0 Å². The van der Waals surface area contributed by atoms with Crippen molar-refractivity contribution in [3.8, 4) is 0 Å². The number of aliphatic hydroxyl groups excluding tert-OH is 1. The Bertz CT molecular complexity index is 1240. The molecule has 4 amide bonds. The molecule has 9 nitrogen and oxygen atoms in total. The molecule has 0 aromatic heterocycles. The van der Waals surface area contributed by atoms with Crippen molar-refractivity contribution in [3.63, 3.8) is 0 Å². The lowest BCUT2D eigenvalue weighted by Crippen LogP contribution is -2.54. The van der Waals surface area contributed by atoms with E-state index < -0.39 is 35.9 Å². The second-order valence-corrected chi connectivity index (χ2v) is 11.0. The summed E-state index contributed by atoms with van der Waals surface area (Å²) in [5, 5.41) is 19.0. The summed E-state index contributed by atoms with van der Waals surface area (Å²) in [7, 11) is 0. The number of piperidine rings is 1. The molecule has 2 aliphatic heterocycles. The van der Waals surface area contributed by atoms with Crippen LogP contribution in [-0.4, -0.2) is 52.4 Å². The van der Waals surface area contributed by atoms with E-state index in [0.29, 0.717) is 25.2 Å². The topological polar surface area (TPSA) is 128 Å².